The van der Waals surface area contributed by atoms with Gasteiger partial charge < -0.3 is 10.1 Å². The number of aromatic nitrogens is 2. The maximum Gasteiger partial charge on any atom is 0.308 e. The maximum atomic E-state index is 11.5. The molecule has 0 aliphatic rings. The summed E-state index contributed by atoms with van der Waals surface area (Å²) >= 11 is 0. The van der Waals surface area contributed by atoms with Gasteiger partial charge in [-0.05, 0) is 0 Å². The van der Waals surface area contributed by atoms with Gasteiger partial charge in [0.15, 0.2) is 0 Å². The molecule has 1 aromatic heterocycles. The summed E-state index contributed by atoms with van der Waals surface area (Å²) in [5.74, 6) is -0.479. The van der Waals surface area contributed by atoms with Crippen molar-refractivity contribution >= 4 is 5.97 Å². The zero-order valence-electron chi connectivity index (χ0n) is 9.00. The Morgan fingerprint density at radius 3 is 2.53 bits per heavy atom. The minimum atomic E-state index is -1.04. The number of carbonyl (C=O) groups is 1. The second kappa shape index (κ2) is 3.84. The first-order chi connectivity index (χ1) is 6.80. The second-order valence-corrected chi connectivity index (χ2v) is 4.41. The SMILES string of the molecule is CC(C)(C)c1ncc(CC(=O)O)c(=O)[nH]1. The van der Waals surface area contributed by atoms with Crippen molar-refractivity contribution in [3.63, 3.8) is 0 Å². The standard InChI is InChI=1S/C10H14N2O3/c1-10(2,3)9-11-5-6(4-7(13)14)8(15)12-9/h5H,4H2,1-3H3,(H,13,14)(H,11,12,15). The molecule has 0 spiro atoms. The number of nitrogens with zero attached hydrogens (tertiary/aromatic N) is 1. The van der Waals surface area contributed by atoms with Crippen molar-refractivity contribution in [1.29, 1.82) is 0 Å². The smallest absolute Gasteiger partial charge is 0.308 e. The lowest BCUT2D eigenvalue weighted by Gasteiger charge is -2.16. The van der Waals surface area contributed by atoms with Crippen LogP contribution in [0, 0.1) is 0 Å². The fourth-order valence-electron chi connectivity index (χ4n) is 1.09. The number of carboxylic acid groups (broad SMARTS) is 1. The Labute approximate surface area is 87.2 Å². The number of aromatic amines is 1. The van der Waals surface area contributed by atoms with Crippen molar-refractivity contribution in [3.05, 3.63) is 27.9 Å². The zero-order chi connectivity index (χ0) is 11.6. The van der Waals surface area contributed by atoms with E-state index in [2.05, 4.69) is 9.97 Å². The highest BCUT2D eigenvalue weighted by molar-refractivity contribution is 5.69. The second-order valence-electron chi connectivity index (χ2n) is 4.41. The summed E-state index contributed by atoms with van der Waals surface area (Å²) in [6, 6.07) is 0. The first kappa shape index (κ1) is 11.4. The van der Waals surface area contributed by atoms with Gasteiger partial charge in [0.1, 0.15) is 5.82 Å². The average molecular weight is 210 g/mol. The van der Waals surface area contributed by atoms with E-state index in [1.165, 1.54) is 6.20 Å². The molecule has 0 saturated heterocycles. The normalized spacial score (nSPS) is 11.4. The first-order valence-electron chi connectivity index (χ1n) is 4.61. The Bertz CT molecular complexity index is 429. The van der Waals surface area contributed by atoms with Gasteiger partial charge in [-0.15, -0.1) is 0 Å². The van der Waals surface area contributed by atoms with E-state index in [4.69, 9.17) is 5.11 Å². The molecule has 15 heavy (non-hydrogen) atoms. The summed E-state index contributed by atoms with van der Waals surface area (Å²) in [6.07, 6.45) is 1.03. The van der Waals surface area contributed by atoms with Gasteiger partial charge in [0.05, 0.1) is 6.42 Å². The van der Waals surface area contributed by atoms with Gasteiger partial charge in [-0.1, -0.05) is 20.8 Å². The fraction of sp³-hybridized carbons (Fsp3) is 0.500. The quantitative estimate of drug-likeness (QED) is 0.752. The molecule has 0 unspecified atom stereocenters. The number of hydrogen-bond acceptors (Lipinski definition) is 3. The predicted octanol–water partition coefficient (Wildman–Crippen LogP) is 0.694. The number of aliphatic carboxylic acids is 1. The topological polar surface area (TPSA) is 83.0 Å². The van der Waals surface area contributed by atoms with Crippen LogP contribution in [0.5, 0.6) is 0 Å². The van der Waals surface area contributed by atoms with E-state index >= 15 is 0 Å². The van der Waals surface area contributed by atoms with Crippen molar-refractivity contribution in [2.24, 2.45) is 0 Å². The average Bonchev–Trinajstić information content (AvgIpc) is 2.05. The molecule has 5 nitrogen and oxygen atoms in total. The van der Waals surface area contributed by atoms with Gasteiger partial charge in [-0.3, -0.25) is 9.59 Å². The number of hydrogen-bond donors (Lipinski definition) is 2. The molecule has 0 aromatic carbocycles. The van der Waals surface area contributed by atoms with Crippen molar-refractivity contribution < 1.29 is 9.90 Å². The van der Waals surface area contributed by atoms with Crippen LogP contribution in [0.4, 0.5) is 0 Å². The lowest BCUT2D eigenvalue weighted by atomic mass is 9.95. The summed E-state index contributed by atoms with van der Waals surface area (Å²) < 4.78 is 0. The number of nitrogens with one attached hydrogen (secondary N) is 1. The molecule has 0 bridgehead atoms. The van der Waals surface area contributed by atoms with Gasteiger partial charge in [0, 0.05) is 17.2 Å². The molecule has 0 aliphatic carbocycles. The Hall–Kier alpha value is -1.65. The molecular formula is C10H14N2O3. The van der Waals surface area contributed by atoms with Gasteiger partial charge in [-0.25, -0.2) is 4.98 Å². The van der Waals surface area contributed by atoms with Crippen LogP contribution in [0.2, 0.25) is 0 Å². The van der Waals surface area contributed by atoms with E-state index in [0.717, 1.165) is 0 Å². The maximum absolute atomic E-state index is 11.5. The molecule has 1 aromatic rings. The molecule has 0 aliphatic heterocycles. The number of H-pyrrole nitrogens is 1. The first-order valence-corrected chi connectivity index (χ1v) is 4.61. The highest BCUT2D eigenvalue weighted by atomic mass is 16.4. The van der Waals surface area contributed by atoms with Crippen molar-refractivity contribution in [2.45, 2.75) is 32.6 Å². The minimum absolute atomic E-state index is 0.176. The molecule has 0 fully saturated rings. The Balaban J connectivity index is 3.09. The summed E-state index contributed by atoms with van der Waals surface area (Å²) in [6.45, 7) is 5.76. The third kappa shape index (κ3) is 2.90. The van der Waals surface area contributed by atoms with Gasteiger partial charge in [0.2, 0.25) is 0 Å². The lowest BCUT2D eigenvalue weighted by Crippen LogP contribution is -2.24. The van der Waals surface area contributed by atoms with Gasteiger partial charge in [0.25, 0.3) is 5.56 Å². The molecule has 0 amide bonds. The van der Waals surface area contributed by atoms with Gasteiger partial charge in [-0.2, -0.15) is 0 Å². The van der Waals surface area contributed by atoms with Crippen LogP contribution in [0.25, 0.3) is 0 Å². The van der Waals surface area contributed by atoms with E-state index < -0.39 is 5.97 Å². The van der Waals surface area contributed by atoms with Crippen LogP contribution in [0.15, 0.2) is 11.0 Å². The summed E-state index contributed by atoms with van der Waals surface area (Å²) in [7, 11) is 0. The van der Waals surface area contributed by atoms with Crippen LogP contribution >= 0.6 is 0 Å². The third-order valence-corrected chi connectivity index (χ3v) is 1.93. The Morgan fingerprint density at radius 2 is 2.13 bits per heavy atom. The minimum Gasteiger partial charge on any atom is -0.481 e. The van der Waals surface area contributed by atoms with E-state index in [9.17, 15) is 9.59 Å². The highest BCUT2D eigenvalue weighted by Gasteiger charge is 2.17. The summed E-state index contributed by atoms with van der Waals surface area (Å²) in [5, 5.41) is 8.54. The number of carboxylic acids is 1. The fourth-order valence-corrected chi connectivity index (χ4v) is 1.09. The molecule has 0 atom stereocenters. The molecule has 0 saturated carbocycles. The summed E-state index contributed by atoms with van der Waals surface area (Å²) in [4.78, 5) is 28.5. The molecule has 82 valence electrons. The van der Waals surface area contributed by atoms with Gasteiger partial charge >= 0.3 is 5.97 Å². The molecule has 1 heterocycles. The van der Waals surface area contributed by atoms with Crippen molar-refractivity contribution in [1.82, 2.24) is 9.97 Å². The van der Waals surface area contributed by atoms with E-state index in [0.29, 0.717) is 5.82 Å². The molecule has 1 rings (SSSR count). The Morgan fingerprint density at radius 1 is 1.53 bits per heavy atom. The van der Waals surface area contributed by atoms with E-state index in [1.54, 1.807) is 0 Å². The molecule has 5 heteroatoms. The van der Waals surface area contributed by atoms with Crippen LogP contribution < -0.4 is 5.56 Å². The zero-order valence-corrected chi connectivity index (χ0v) is 9.00. The van der Waals surface area contributed by atoms with Crippen LogP contribution in [-0.2, 0) is 16.6 Å². The summed E-state index contributed by atoms with van der Waals surface area (Å²) in [5.41, 5.74) is -0.450. The van der Waals surface area contributed by atoms with Crippen LogP contribution in [0.1, 0.15) is 32.2 Å². The molecule has 0 radical (unpaired) electrons. The predicted molar refractivity (Wildman–Crippen MR) is 54.9 cm³/mol. The molecule has 2 N–H and O–H groups in total. The van der Waals surface area contributed by atoms with Crippen molar-refractivity contribution in [3.8, 4) is 0 Å². The monoisotopic (exact) mass is 210 g/mol. The van der Waals surface area contributed by atoms with Crippen LogP contribution in [-0.4, -0.2) is 21.0 Å². The van der Waals surface area contributed by atoms with E-state index in [1.807, 2.05) is 20.8 Å². The lowest BCUT2D eigenvalue weighted by molar-refractivity contribution is -0.136. The largest absolute Gasteiger partial charge is 0.481 e. The number of rotatable bonds is 2. The van der Waals surface area contributed by atoms with Crippen molar-refractivity contribution in [2.75, 3.05) is 0 Å². The highest BCUT2D eigenvalue weighted by Crippen LogP contribution is 2.15. The Kier molecular flexibility index (Phi) is 2.93. The molecular weight excluding hydrogens is 196 g/mol. The third-order valence-electron chi connectivity index (χ3n) is 1.93. The van der Waals surface area contributed by atoms with E-state index in [-0.39, 0.29) is 23.0 Å². The van der Waals surface area contributed by atoms with Crippen LogP contribution in [0.3, 0.4) is 0 Å².